The number of rotatable bonds is 5. The summed E-state index contributed by atoms with van der Waals surface area (Å²) < 4.78 is 24.3. The number of sulfonamides is 1. The van der Waals surface area contributed by atoms with Gasteiger partial charge in [0.2, 0.25) is 10.0 Å². The minimum absolute atomic E-state index is 0.172. The third kappa shape index (κ3) is 6.31. The van der Waals surface area contributed by atoms with Crippen molar-refractivity contribution < 1.29 is 8.42 Å². The Balaban J connectivity index is 3.55. The van der Waals surface area contributed by atoms with Crippen LogP contribution in [0.25, 0.3) is 0 Å². The van der Waals surface area contributed by atoms with Crippen LogP contribution in [0.2, 0.25) is 0 Å². The molecule has 0 aromatic rings. The van der Waals surface area contributed by atoms with Crippen molar-refractivity contribution in [3.8, 4) is 0 Å². The van der Waals surface area contributed by atoms with Crippen LogP contribution in [0.15, 0.2) is 0 Å². The van der Waals surface area contributed by atoms with E-state index in [-0.39, 0.29) is 5.75 Å². The lowest BCUT2D eigenvalue weighted by Gasteiger charge is -2.05. The van der Waals surface area contributed by atoms with E-state index in [9.17, 15) is 8.42 Å². The van der Waals surface area contributed by atoms with Gasteiger partial charge in [-0.1, -0.05) is 13.8 Å². The normalized spacial score (nSPS) is 12.4. The van der Waals surface area contributed by atoms with Crippen LogP contribution in [-0.2, 0) is 10.0 Å². The van der Waals surface area contributed by atoms with Crippen molar-refractivity contribution in [3.05, 3.63) is 0 Å². The first-order chi connectivity index (χ1) is 4.98. The Morgan fingerprint density at radius 3 is 2.27 bits per heavy atom. The molecule has 11 heavy (non-hydrogen) atoms. The van der Waals surface area contributed by atoms with Gasteiger partial charge in [0.05, 0.1) is 5.75 Å². The van der Waals surface area contributed by atoms with E-state index < -0.39 is 10.0 Å². The maximum absolute atomic E-state index is 10.9. The molecule has 0 heterocycles. The molecule has 0 unspecified atom stereocenters. The van der Waals surface area contributed by atoms with Gasteiger partial charge in [-0.05, 0) is 19.3 Å². The summed E-state index contributed by atoms with van der Waals surface area (Å²) in [4.78, 5) is 0. The number of nitrogens with one attached hydrogen (secondary N) is 1. The second kappa shape index (κ2) is 4.72. The summed E-state index contributed by atoms with van der Waals surface area (Å²) in [6, 6.07) is 0. The molecule has 3 nitrogen and oxygen atoms in total. The lowest BCUT2D eigenvalue weighted by atomic mass is 10.1. The van der Waals surface area contributed by atoms with Gasteiger partial charge in [-0.25, -0.2) is 13.1 Å². The molecule has 0 saturated carbocycles. The van der Waals surface area contributed by atoms with Crippen molar-refractivity contribution in [2.75, 3.05) is 12.3 Å². The molecule has 0 atom stereocenters. The summed E-state index contributed by atoms with van der Waals surface area (Å²) in [6.45, 7) is 6.34. The molecule has 0 aromatic heterocycles. The highest BCUT2D eigenvalue weighted by Crippen LogP contribution is 1.97. The zero-order valence-corrected chi connectivity index (χ0v) is 8.24. The minimum Gasteiger partial charge on any atom is -0.215 e. The van der Waals surface area contributed by atoms with Crippen LogP contribution < -0.4 is 4.72 Å². The van der Waals surface area contributed by atoms with Crippen molar-refractivity contribution in [1.82, 2.24) is 4.72 Å². The Labute approximate surface area is 69.2 Å². The molecule has 4 heteroatoms. The van der Waals surface area contributed by atoms with E-state index in [4.69, 9.17) is 0 Å². The van der Waals surface area contributed by atoms with Crippen LogP contribution in [0.5, 0.6) is 0 Å². The Morgan fingerprint density at radius 2 is 1.91 bits per heavy atom. The van der Waals surface area contributed by atoms with Crippen LogP contribution in [-0.4, -0.2) is 20.7 Å². The largest absolute Gasteiger partial charge is 0.215 e. The Bertz CT molecular complexity index is 185. The van der Waals surface area contributed by atoms with Gasteiger partial charge in [0.1, 0.15) is 0 Å². The highest BCUT2D eigenvalue weighted by atomic mass is 32.2. The van der Waals surface area contributed by atoms with Crippen LogP contribution in [0.1, 0.15) is 27.2 Å². The van der Waals surface area contributed by atoms with Crippen molar-refractivity contribution in [3.63, 3.8) is 0 Å². The molecule has 0 aromatic carbocycles. The Kier molecular flexibility index (Phi) is 4.68. The molecule has 0 spiro atoms. The van der Waals surface area contributed by atoms with Crippen LogP contribution >= 0.6 is 0 Å². The molecule has 0 aliphatic carbocycles. The van der Waals surface area contributed by atoms with E-state index in [1.54, 1.807) is 6.92 Å². The van der Waals surface area contributed by atoms with Gasteiger partial charge < -0.3 is 0 Å². The molecular weight excluding hydrogens is 162 g/mol. The molecule has 0 radical (unpaired) electrons. The topological polar surface area (TPSA) is 46.2 Å². The maximum atomic E-state index is 10.9. The zero-order valence-electron chi connectivity index (χ0n) is 7.42. The summed E-state index contributed by atoms with van der Waals surface area (Å²) >= 11 is 0. The molecule has 0 aliphatic heterocycles. The molecule has 0 saturated heterocycles. The first kappa shape index (κ1) is 10.9. The van der Waals surface area contributed by atoms with Gasteiger partial charge in [0.25, 0.3) is 0 Å². The Morgan fingerprint density at radius 1 is 1.36 bits per heavy atom. The predicted molar refractivity (Wildman–Crippen MR) is 46.9 cm³/mol. The SMILES string of the molecule is CCS(=O)(=O)NCCC(C)C. The van der Waals surface area contributed by atoms with Crippen LogP contribution in [0, 0.1) is 5.92 Å². The molecule has 0 rings (SSSR count). The van der Waals surface area contributed by atoms with Crippen molar-refractivity contribution >= 4 is 10.0 Å². The third-order valence-electron chi connectivity index (χ3n) is 1.42. The van der Waals surface area contributed by atoms with Gasteiger partial charge in [0, 0.05) is 6.54 Å². The van der Waals surface area contributed by atoms with Gasteiger partial charge in [0.15, 0.2) is 0 Å². The molecule has 0 amide bonds. The zero-order chi connectivity index (χ0) is 8.91. The van der Waals surface area contributed by atoms with E-state index in [0.717, 1.165) is 6.42 Å². The fourth-order valence-electron chi connectivity index (χ4n) is 0.605. The quantitative estimate of drug-likeness (QED) is 0.683. The van der Waals surface area contributed by atoms with Gasteiger partial charge >= 0.3 is 0 Å². The fraction of sp³-hybridized carbons (Fsp3) is 1.00. The Hall–Kier alpha value is -0.0900. The maximum Gasteiger partial charge on any atom is 0.211 e. The van der Waals surface area contributed by atoms with E-state index >= 15 is 0 Å². The summed E-state index contributed by atoms with van der Waals surface area (Å²) in [7, 11) is -2.97. The molecule has 0 bridgehead atoms. The predicted octanol–water partition coefficient (Wildman–Crippen LogP) is 0.972. The van der Waals surface area contributed by atoms with Gasteiger partial charge in [-0.2, -0.15) is 0 Å². The molecule has 0 fully saturated rings. The summed E-state index contributed by atoms with van der Waals surface area (Å²) in [5.74, 6) is 0.722. The van der Waals surface area contributed by atoms with E-state index in [1.807, 2.05) is 0 Å². The highest BCUT2D eigenvalue weighted by Gasteiger charge is 2.04. The third-order valence-corrected chi connectivity index (χ3v) is 2.83. The van der Waals surface area contributed by atoms with Gasteiger partial charge in [-0.15, -0.1) is 0 Å². The van der Waals surface area contributed by atoms with E-state index in [0.29, 0.717) is 12.5 Å². The highest BCUT2D eigenvalue weighted by molar-refractivity contribution is 7.89. The van der Waals surface area contributed by atoms with E-state index in [2.05, 4.69) is 18.6 Å². The fourth-order valence-corrected chi connectivity index (χ4v) is 1.24. The minimum atomic E-state index is -2.97. The first-order valence-electron chi connectivity index (χ1n) is 3.95. The molecular formula is C7H17NO2S. The number of hydrogen-bond donors (Lipinski definition) is 1. The first-order valence-corrected chi connectivity index (χ1v) is 5.60. The number of hydrogen-bond acceptors (Lipinski definition) is 2. The molecule has 68 valence electrons. The average Bonchev–Trinajstić information content (AvgIpc) is 1.87. The average molecular weight is 179 g/mol. The van der Waals surface area contributed by atoms with Gasteiger partial charge in [-0.3, -0.25) is 0 Å². The smallest absolute Gasteiger partial charge is 0.211 e. The van der Waals surface area contributed by atoms with E-state index in [1.165, 1.54) is 0 Å². The second-order valence-electron chi connectivity index (χ2n) is 2.98. The van der Waals surface area contributed by atoms with Crippen LogP contribution in [0.4, 0.5) is 0 Å². The summed E-state index contributed by atoms with van der Waals surface area (Å²) in [5.41, 5.74) is 0. The second-order valence-corrected chi connectivity index (χ2v) is 5.08. The lowest BCUT2D eigenvalue weighted by molar-refractivity contribution is 0.552. The van der Waals surface area contributed by atoms with Crippen molar-refractivity contribution in [2.24, 2.45) is 5.92 Å². The van der Waals surface area contributed by atoms with Crippen molar-refractivity contribution in [1.29, 1.82) is 0 Å². The monoisotopic (exact) mass is 179 g/mol. The lowest BCUT2D eigenvalue weighted by Crippen LogP contribution is -2.26. The molecule has 0 aliphatic rings. The summed E-state index contributed by atoms with van der Waals surface area (Å²) in [6.07, 6.45) is 0.902. The van der Waals surface area contributed by atoms with Crippen molar-refractivity contribution in [2.45, 2.75) is 27.2 Å². The summed E-state index contributed by atoms with van der Waals surface area (Å²) in [5, 5.41) is 0. The standard InChI is InChI=1S/C7H17NO2S/c1-4-11(9,10)8-6-5-7(2)3/h7-8H,4-6H2,1-3H3. The van der Waals surface area contributed by atoms with Crippen LogP contribution in [0.3, 0.4) is 0 Å². The molecule has 1 N–H and O–H groups in total.